The molecule has 0 bridgehead atoms. The molecule has 1 aliphatic carbocycles. The van der Waals surface area contributed by atoms with Crippen LogP contribution >= 0.6 is 0 Å². The molecule has 1 aliphatic rings. The van der Waals surface area contributed by atoms with Crippen LogP contribution in [0.4, 0.5) is 0 Å². The first kappa shape index (κ1) is 21.8. The molecule has 1 aromatic heterocycles. The van der Waals surface area contributed by atoms with Crippen LogP contribution in [0.2, 0.25) is 0 Å². The van der Waals surface area contributed by atoms with Crippen molar-refractivity contribution in [2.45, 2.75) is 65.0 Å². The van der Waals surface area contributed by atoms with Crippen LogP contribution in [-0.2, 0) is 14.3 Å². The number of nitrogens with one attached hydrogen (secondary N) is 2. The summed E-state index contributed by atoms with van der Waals surface area (Å²) in [6.45, 7) is 5.55. The van der Waals surface area contributed by atoms with Crippen molar-refractivity contribution in [3.63, 3.8) is 0 Å². The minimum absolute atomic E-state index is 0.00707. The lowest BCUT2D eigenvalue weighted by Gasteiger charge is -2.34. The lowest BCUT2D eigenvalue weighted by molar-refractivity contribution is -0.148. The fraction of sp³-hybridized carbons (Fsp3) is 0.650. The van der Waals surface area contributed by atoms with Gasteiger partial charge in [-0.3, -0.25) is 14.6 Å². The van der Waals surface area contributed by atoms with Gasteiger partial charge in [0.1, 0.15) is 17.8 Å². The number of hydrogen-bond acceptors (Lipinski definition) is 6. The molecule has 8 nitrogen and oxygen atoms in total. The van der Waals surface area contributed by atoms with Crippen LogP contribution < -0.4 is 10.6 Å². The molecular weight excluding hydrogens is 360 g/mol. The number of hydrogen-bond donors (Lipinski definition) is 2. The van der Waals surface area contributed by atoms with E-state index in [0.29, 0.717) is 0 Å². The van der Waals surface area contributed by atoms with Crippen molar-refractivity contribution in [2.24, 2.45) is 11.3 Å². The van der Waals surface area contributed by atoms with Gasteiger partial charge in [-0.2, -0.15) is 0 Å². The average Bonchev–Trinajstić information content (AvgIpc) is 2.69. The summed E-state index contributed by atoms with van der Waals surface area (Å²) in [5.74, 6) is -1.34. The molecule has 2 amide bonds. The minimum Gasteiger partial charge on any atom is -0.467 e. The SMILES string of the molecule is COC(=O)[C@@H](NC(=O)C(NC(=O)c1cnccn1)C1CCCCC1)C(C)(C)C. The second-order valence-electron chi connectivity index (χ2n) is 8.27. The van der Waals surface area contributed by atoms with Crippen molar-refractivity contribution in [3.05, 3.63) is 24.3 Å². The number of rotatable bonds is 6. The number of aromatic nitrogens is 2. The van der Waals surface area contributed by atoms with Gasteiger partial charge in [0.05, 0.1) is 13.3 Å². The number of amides is 2. The Morgan fingerprint density at radius 2 is 1.79 bits per heavy atom. The normalized spacial score (nSPS) is 17.3. The van der Waals surface area contributed by atoms with Crippen LogP contribution in [0, 0.1) is 11.3 Å². The predicted octanol–water partition coefficient (Wildman–Crippen LogP) is 1.86. The predicted molar refractivity (Wildman–Crippen MR) is 103 cm³/mol. The molecule has 0 radical (unpaired) electrons. The summed E-state index contributed by atoms with van der Waals surface area (Å²) in [5.41, 5.74) is -0.383. The summed E-state index contributed by atoms with van der Waals surface area (Å²) in [6, 6.07) is -1.56. The van der Waals surface area contributed by atoms with E-state index < -0.39 is 29.4 Å². The van der Waals surface area contributed by atoms with Crippen LogP contribution in [0.15, 0.2) is 18.6 Å². The van der Waals surface area contributed by atoms with E-state index in [1.165, 1.54) is 25.7 Å². The zero-order chi connectivity index (χ0) is 20.7. The Morgan fingerprint density at radius 3 is 2.32 bits per heavy atom. The van der Waals surface area contributed by atoms with Gasteiger partial charge in [-0.15, -0.1) is 0 Å². The second kappa shape index (κ2) is 9.61. The quantitative estimate of drug-likeness (QED) is 0.718. The Labute approximate surface area is 165 Å². The maximum atomic E-state index is 13.1. The van der Waals surface area contributed by atoms with Gasteiger partial charge in [-0.05, 0) is 24.2 Å². The number of carbonyl (C=O) groups is 3. The molecule has 2 N–H and O–H groups in total. The number of methoxy groups -OCH3 is 1. The molecular formula is C20H30N4O4. The Hall–Kier alpha value is -2.51. The molecule has 0 aliphatic heterocycles. The first-order chi connectivity index (χ1) is 13.2. The van der Waals surface area contributed by atoms with Crippen molar-refractivity contribution >= 4 is 17.8 Å². The number of nitrogens with zero attached hydrogens (tertiary/aromatic N) is 2. The van der Waals surface area contributed by atoms with E-state index in [9.17, 15) is 14.4 Å². The van der Waals surface area contributed by atoms with Crippen LogP contribution in [0.5, 0.6) is 0 Å². The highest BCUT2D eigenvalue weighted by molar-refractivity contribution is 5.96. The Kier molecular flexibility index (Phi) is 7.48. The van der Waals surface area contributed by atoms with E-state index in [-0.39, 0.29) is 17.5 Å². The molecule has 1 aromatic rings. The lowest BCUT2D eigenvalue weighted by Crippen LogP contribution is -2.58. The van der Waals surface area contributed by atoms with E-state index in [1.54, 1.807) is 0 Å². The van der Waals surface area contributed by atoms with Gasteiger partial charge in [0.15, 0.2) is 0 Å². The molecule has 0 aromatic carbocycles. The Bertz CT molecular complexity index is 681. The Morgan fingerprint density at radius 1 is 1.11 bits per heavy atom. The second-order valence-corrected chi connectivity index (χ2v) is 8.27. The summed E-state index contributed by atoms with van der Waals surface area (Å²) in [7, 11) is 1.29. The molecule has 2 atom stereocenters. The van der Waals surface area contributed by atoms with E-state index >= 15 is 0 Å². The first-order valence-electron chi connectivity index (χ1n) is 9.69. The van der Waals surface area contributed by atoms with Crippen molar-refractivity contribution in [2.75, 3.05) is 7.11 Å². The highest BCUT2D eigenvalue weighted by Crippen LogP contribution is 2.28. The zero-order valence-electron chi connectivity index (χ0n) is 17.0. The molecule has 1 heterocycles. The van der Waals surface area contributed by atoms with Crippen molar-refractivity contribution in [1.82, 2.24) is 20.6 Å². The van der Waals surface area contributed by atoms with Gasteiger partial charge in [-0.25, -0.2) is 9.78 Å². The molecule has 154 valence electrons. The summed E-state index contributed by atoms with van der Waals surface area (Å²) in [5, 5.41) is 5.61. The zero-order valence-corrected chi connectivity index (χ0v) is 17.0. The highest BCUT2D eigenvalue weighted by atomic mass is 16.5. The molecule has 1 saturated carbocycles. The van der Waals surface area contributed by atoms with Crippen molar-refractivity contribution in [3.8, 4) is 0 Å². The maximum absolute atomic E-state index is 13.1. The summed E-state index contributed by atoms with van der Waals surface area (Å²) < 4.78 is 4.86. The third-order valence-electron chi connectivity index (χ3n) is 5.08. The molecule has 2 rings (SSSR count). The third kappa shape index (κ3) is 5.74. The van der Waals surface area contributed by atoms with Crippen LogP contribution in [0.1, 0.15) is 63.4 Å². The van der Waals surface area contributed by atoms with E-state index in [2.05, 4.69) is 20.6 Å². The van der Waals surface area contributed by atoms with Crippen LogP contribution in [-0.4, -0.2) is 46.9 Å². The molecule has 1 unspecified atom stereocenters. The van der Waals surface area contributed by atoms with Gasteiger partial charge in [-0.1, -0.05) is 40.0 Å². The van der Waals surface area contributed by atoms with Gasteiger partial charge in [0, 0.05) is 12.4 Å². The minimum atomic E-state index is -0.815. The van der Waals surface area contributed by atoms with Crippen molar-refractivity contribution < 1.29 is 19.1 Å². The van der Waals surface area contributed by atoms with Crippen LogP contribution in [0.3, 0.4) is 0 Å². The average molecular weight is 390 g/mol. The number of esters is 1. The molecule has 8 heteroatoms. The molecule has 0 saturated heterocycles. The fourth-order valence-corrected chi connectivity index (χ4v) is 3.48. The molecule has 0 spiro atoms. The van der Waals surface area contributed by atoms with E-state index in [0.717, 1.165) is 32.1 Å². The first-order valence-corrected chi connectivity index (χ1v) is 9.69. The monoisotopic (exact) mass is 390 g/mol. The number of ether oxygens (including phenoxy) is 1. The van der Waals surface area contributed by atoms with Gasteiger partial charge in [0.2, 0.25) is 5.91 Å². The van der Waals surface area contributed by atoms with Gasteiger partial charge < -0.3 is 15.4 Å². The standard InChI is InChI=1S/C20H30N4O4/c1-20(2,3)16(19(27)28-4)24-18(26)15(13-8-6-5-7-9-13)23-17(25)14-12-21-10-11-22-14/h10-13,15-16H,5-9H2,1-4H3,(H,23,25)(H,24,26)/t15?,16-/m1/s1. The van der Waals surface area contributed by atoms with E-state index in [4.69, 9.17) is 4.74 Å². The summed E-state index contributed by atoms with van der Waals surface area (Å²) in [4.78, 5) is 45.8. The summed E-state index contributed by atoms with van der Waals surface area (Å²) >= 11 is 0. The van der Waals surface area contributed by atoms with Gasteiger partial charge in [0.25, 0.3) is 5.91 Å². The topological polar surface area (TPSA) is 110 Å². The highest BCUT2D eigenvalue weighted by Gasteiger charge is 2.38. The third-order valence-corrected chi connectivity index (χ3v) is 5.08. The Balaban J connectivity index is 2.21. The number of carbonyl (C=O) groups excluding carboxylic acids is 3. The molecule has 1 fully saturated rings. The molecule has 28 heavy (non-hydrogen) atoms. The summed E-state index contributed by atoms with van der Waals surface area (Å²) in [6.07, 6.45) is 9.09. The maximum Gasteiger partial charge on any atom is 0.328 e. The van der Waals surface area contributed by atoms with E-state index in [1.807, 2.05) is 20.8 Å². The lowest BCUT2D eigenvalue weighted by atomic mass is 9.82. The largest absolute Gasteiger partial charge is 0.467 e. The fourth-order valence-electron chi connectivity index (χ4n) is 3.48. The van der Waals surface area contributed by atoms with Crippen molar-refractivity contribution in [1.29, 1.82) is 0 Å². The van der Waals surface area contributed by atoms with Crippen LogP contribution in [0.25, 0.3) is 0 Å². The van der Waals surface area contributed by atoms with Gasteiger partial charge >= 0.3 is 5.97 Å². The smallest absolute Gasteiger partial charge is 0.328 e.